The number of ether oxygens (including phenoxy) is 3. The average Bonchev–Trinajstić information content (AvgIpc) is 3.35. The van der Waals surface area contributed by atoms with Gasteiger partial charge in [0.1, 0.15) is 17.2 Å². The number of aryl methyl sites for hydroxylation is 2. The van der Waals surface area contributed by atoms with Crippen molar-refractivity contribution in [3.8, 4) is 40.1 Å². The molecule has 3 aromatic carbocycles. The molecule has 1 amide bonds. The number of nitrogens with zero attached hydrogens (tertiary/aromatic N) is 2. The van der Waals surface area contributed by atoms with Crippen molar-refractivity contribution < 1.29 is 23.5 Å². The van der Waals surface area contributed by atoms with Crippen LogP contribution in [0.25, 0.3) is 22.8 Å². The van der Waals surface area contributed by atoms with Crippen LogP contribution in [-0.2, 0) is 4.79 Å². The summed E-state index contributed by atoms with van der Waals surface area (Å²) >= 11 is 0. The minimum absolute atomic E-state index is 0.168. The van der Waals surface area contributed by atoms with Gasteiger partial charge >= 0.3 is 0 Å². The van der Waals surface area contributed by atoms with Crippen molar-refractivity contribution in [3.05, 3.63) is 71.8 Å². The molecule has 4 aromatic rings. The van der Waals surface area contributed by atoms with Crippen molar-refractivity contribution in [2.75, 3.05) is 26.1 Å². The van der Waals surface area contributed by atoms with Crippen LogP contribution in [0.2, 0.25) is 0 Å². The Morgan fingerprint density at radius 2 is 1.62 bits per heavy atom. The van der Waals surface area contributed by atoms with E-state index >= 15 is 0 Å². The van der Waals surface area contributed by atoms with Crippen LogP contribution in [0.1, 0.15) is 11.1 Å². The summed E-state index contributed by atoms with van der Waals surface area (Å²) in [5.41, 5.74) is 4.02. The number of amides is 1. The summed E-state index contributed by atoms with van der Waals surface area (Å²) < 4.78 is 22.0. The van der Waals surface area contributed by atoms with Gasteiger partial charge in [-0.3, -0.25) is 4.79 Å². The fraction of sp³-hybridized carbons (Fsp3) is 0.192. The van der Waals surface area contributed by atoms with Gasteiger partial charge < -0.3 is 24.1 Å². The first-order valence-corrected chi connectivity index (χ1v) is 10.6. The largest absolute Gasteiger partial charge is 0.497 e. The third kappa shape index (κ3) is 5.01. The molecule has 0 aliphatic carbocycles. The lowest BCUT2D eigenvalue weighted by Crippen LogP contribution is -2.21. The summed E-state index contributed by atoms with van der Waals surface area (Å²) in [6.45, 7) is 3.73. The van der Waals surface area contributed by atoms with Crippen LogP contribution in [0.3, 0.4) is 0 Å². The van der Waals surface area contributed by atoms with Crippen molar-refractivity contribution in [2.45, 2.75) is 13.8 Å². The average molecular weight is 460 g/mol. The molecule has 0 unspecified atom stereocenters. The number of benzene rings is 3. The van der Waals surface area contributed by atoms with Crippen LogP contribution in [0.5, 0.6) is 17.2 Å². The molecule has 0 spiro atoms. The van der Waals surface area contributed by atoms with Gasteiger partial charge in [0.25, 0.3) is 11.8 Å². The van der Waals surface area contributed by atoms with Crippen LogP contribution in [0.4, 0.5) is 5.69 Å². The Bertz CT molecular complexity index is 1270. The van der Waals surface area contributed by atoms with E-state index in [-0.39, 0.29) is 18.4 Å². The molecule has 0 bridgehead atoms. The second kappa shape index (κ2) is 10.1. The van der Waals surface area contributed by atoms with Gasteiger partial charge in [-0.25, -0.2) is 0 Å². The maximum atomic E-state index is 12.5. The zero-order valence-electron chi connectivity index (χ0n) is 19.4. The van der Waals surface area contributed by atoms with Gasteiger partial charge in [-0.2, -0.15) is 4.98 Å². The van der Waals surface area contributed by atoms with Crippen LogP contribution >= 0.6 is 0 Å². The van der Waals surface area contributed by atoms with Gasteiger partial charge in [-0.05, 0) is 49.2 Å². The molecule has 0 aliphatic heterocycles. The Hall–Kier alpha value is -4.33. The Kier molecular flexibility index (Phi) is 6.77. The normalized spacial score (nSPS) is 10.6. The van der Waals surface area contributed by atoms with Gasteiger partial charge in [0.15, 0.2) is 6.61 Å². The van der Waals surface area contributed by atoms with E-state index in [4.69, 9.17) is 18.7 Å². The van der Waals surface area contributed by atoms with Crippen molar-refractivity contribution in [2.24, 2.45) is 0 Å². The van der Waals surface area contributed by atoms with Crippen LogP contribution in [-0.4, -0.2) is 36.9 Å². The number of aromatic nitrogens is 2. The minimum Gasteiger partial charge on any atom is -0.497 e. The van der Waals surface area contributed by atoms with Crippen LogP contribution < -0.4 is 19.5 Å². The third-order valence-corrected chi connectivity index (χ3v) is 5.26. The summed E-state index contributed by atoms with van der Waals surface area (Å²) in [4.78, 5) is 17.0. The van der Waals surface area contributed by atoms with Crippen molar-refractivity contribution in [1.29, 1.82) is 0 Å². The highest BCUT2D eigenvalue weighted by atomic mass is 16.5. The molecular formula is C26H25N3O5. The first-order chi connectivity index (χ1) is 16.5. The molecule has 0 aliphatic rings. The minimum atomic E-state index is -0.262. The van der Waals surface area contributed by atoms with E-state index in [1.165, 1.54) is 0 Å². The number of hydrogen-bond donors (Lipinski definition) is 1. The SMILES string of the molecule is COc1cc(OC)cc(-c2noc(-c3ccccc3OCC(=O)Nc3c(C)cccc3C)n2)c1. The molecular weight excluding hydrogens is 434 g/mol. The predicted octanol–water partition coefficient (Wildman–Crippen LogP) is 5.06. The van der Waals surface area contributed by atoms with Gasteiger partial charge in [0.05, 0.1) is 19.8 Å². The quantitative estimate of drug-likeness (QED) is 0.394. The summed E-state index contributed by atoms with van der Waals surface area (Å²) in [7, 11) is 3.15. The van der Waals surface area contributed by atoms with Crippen LogP contribution in [0, 0.1) is 13.8 Å². The topological polar surface area (TPSA) is 95.7 Å². The summed E-state index contributed by atoms with van der Waals surface area (Å²) in [6.07, 6.45) is 0. The Balaban J connectivity index is 1.52. The molecule has 0 atom stereocenters. The lowest BCUT2D eigenvalue weighted by Gasteiger charge is -2.13. The Morgan fingerprint density at radius 3 is 2.29 bits per heavy atom. The number of para-hydroxylation sites is 2. The number of hydrogen-bond acceptors (Lipinski definition) is 7. The van der Waals surface area contributed by atoms with E-state index in [1.807, 2.05) is 44.2 Å². The molecule has 0 radical (unpaired) electrons. The molecule has 34 heavy (non-hydrogen) atoms. The predicted molar refractivity (Wildman–Crippen MR) is 128 cm³/mol. The van der Waals surface area contributed by atoms with Gasteiger partial charge in [0.2, 0.25) is 5.82 Å². The molecule has 0 saturated carbocycles. The van der Waals surface area contributed by atoms with E-state index in [2.05, 4.69) is 15.5 Å². The molecule has 0 fully saturated rings. The summed E-state index contributed by atoms with van der Waals surface area (Å²) in [5.74, 6) is 2.05. The van der Waals surface area contributed by atoms with Crippen molar-refractivity contribution in [1.82, 2.24) is 10.1 Å². The van der Waals surface area contributed by atoms with Gasteiger partial charge in [-0.15, -0.1) is 0 Å². The third-order valence-electron chi connectivity index (χ3n) is 5.26. The smallest absolute Gasteiger partial charge is 0.262 e. The maximum absolute atomic E-state index is 12.5. The molecule has 1 heterocycles. The molecule has 1 N–H and O–H groups in total. The number of methoxy groups -OCH3 is 2. The highest BCUT2D eigenvalue weighted by Gasteiger charge is 2.17. The fourth-order valence-electron chi connectivity index (χ4n) is 3.49. The number of nitrogens with one attached hydrogen (secondary N) is 1. The van der Waals surface area contributed by atoms with Gasteiger partial charge in [-0.1, -0.05) is 35.5 Å². The van der Waals surface area contributed by atoms with Crippen LogP contribution in [0.15, 0.2) is 65.2 Å². The molecule has 8 nitrogen and oxygen atoms in total. The van der Waals surface area contributed by atoms with Crippen molar-refractivity contribution >= 4 is 11.6 Å². The number of rotatable bonds is 8. The molecule has 0 saturated heterocycles. The molecule has 174 valence electrons. The molecule has 1 aromatic heterocycles. The van der Waals surface area contributed by atoms with E-state index < -0.39 is 0 Å². The van der Waals surface area contributed by atoms with E-state index in [1.54, 1.807) is 44.6 Å². The lowest BCUT2D eigenvalue weighted by atomic mass is 10.1. The zero-order chi connectivity index (χ0) is 24.1. The fourth-order valence-corrected chi connectivity index (χ4v) is 3.49. The molecule has 4 rings (SSSR count). The maximum Gasteiger partial charge on any atom is 0.262 e. The highest BCUT2D eigenvalue weighted by Crippen LogP contribution is 2.32. The second-order valence-electron chi connectivity index (χ2n) is 7.62. The first-order valence-electron chi connectivity index (χ1n) is 10.6. The Morgan fingerprint density at radius 1 is 0.941 bits per heavy atom. The Labute approximate surface area is 197 Å². The standard InChI is InChI=1S/C26H25N3O5/c1-16-8-7-9-17(2)24(16)27-23(30)15-33-22-11-6-5-10-21(22)26-28-25(29-34-26)18-12-19(31-3)14-20(13-18)32-4/h5-14H,15H2,1-4H3,(H,27,30). The number of carbonyl (C=O) groups is 1. The summed E-state index contributed by atoms with van der Waals surface area (Å²) in [5, 5.41) is 7.01. The lowest BCUT2D eigenvalue weighted by molar-refractivity contribution is -0.118. The number of carbonyl (C=O) groups excluding carboxylic acids is 1. The van der Waals surface area contributed by atoms with Crippen molar-refractivity contribution in [3.63, 3.8) is 0 Å². The highest BCUT2D eigenvalue weighted by molar-refractivity contribution is 5.93. The monoisotopic (exact) mass is 459 g/mol. The first kappa shape index (κ1) is 22.8. The van der Waals surface area contributed by atoms with E-state index in [0.29, 0.717) is 34.2 Å². The number of anilines is 1. The van der Waals surface area contributed by atoms with Gasteiger partial charge in [0, 0.05) is 17.3 Å². The zero-order valence-corrected chi connectivity index (χ0v) is 19.4. The summed E-state index contributed by atoms with van der Waals surface area (Å²) in [6, 6.07) is 18.4. The second-order valence-corrected chi connectivity index (χ2v) is 7.62. The van der Waals surface area contributed by atoms with E-state index in [9.17, 15) is 4.79 Å². The van der Waals surface area contributed by atoms with E-state index in [0.717, 1.165) is 16.8 Å². The molecule has 8 heteroatoms.